The van der Waals surface area contributed by atoms with Crippen LogP contribution in [0.5, 0.6) is 0 Å². The maximum absolute atomic E-state index is 13.2. The zero-order valence-corrected chi connectivity index (χ0v) is 17.2. The van der Waals surface area contributed by atoms with Gasteiger partial charge in [0.15, 0.2) is 5.76 Å². The van der Waals surface area contributed by atoms with Crippen LogP contribution in [0.1, 0.15) is 6.42 Å². The van der Waals surface area contributed by atoms with E-state index in [1.165, 1.54) is 12.1 Å². The summed E-state index contributed by atoms with van der Waals surface area (Å²) < 4.78 is 19.4. The van der Waals surface area contributed by atoms with Gasteiger partial charge in [-0.05, 0) is 29.7 Å². The monoisotopic (exact) mass is 428 g/mol. The Morgan fingerprint density at radius 1 is 0.906 bits per heavy atom. The third-order valence-corrected chi connectivity index (χ3v) is 5.80. The van der Waals surface area contributed by atoms with Crippen molar-refractivity contribution in [1.82, 2.24) is 4.98 Å². The normalized spacial score (nSPS) is 15.8. The van der Waals surface area contributed by atoms with Crippen LogP contribution in [0.4, 0.5) is 10.4 Å². The Morgan fingerprint density at radius 3 is 2.16 bits per heavy atom. The van der Waals surface area contributed by atoms with Crippen LogP contribution in [0, 0.1) is 11.7 Å². The first-order chi connectivity index (χ1) is 15.6. The molecule has 32 heavy (non-hydrogen) atoms. The number of carboxylic acid groups (broad SMARTS) is 1. The molecule has 1 fully saturated rings. The van der Waals surface area contributed by atoms with Crippen LogP contribution in [-0.2, 0) is 4.79 Å². The fourth-order valence-electron chi connectivity index (χ4n) is 4.02. The maximum atomic E-state index is 13.2. The Bertz CT molecular complexity index is 1230. The summed E-state index contributed by atoms with van der Waals surface area (Å²) in [4.78, 5) is 18.0. The first-order valence-corrected chi connectivity index (χ1v) is 10.5. The number of carboxylic acids is 1. The summed E-state index contributed by atoms with van der Waals surface area (Å²) in [5.41, 5.74) is 4.40. The molecule has 4 aromatic rings. The van der Waals surface area contributed by atoms with E-state index in [0.29, 0.717) is 37.0 Å². The molecular weight excluding hydrogens is 407 g/mol. The van der Waals surface area contributed by atoms with Crippen molar-refractivity contribution >= 4 is 12.0 Å². The standard InChI is InChI=1S/C26H21FN2O3/c27-22-12-10-18(11-13-22)17-6-8-19(9-7-17)23-24(20-4-2-1-3-5-20)32-26(28-23)29-15-14-21(16-29)25(30)31/h1-13,21H,14-16H2,(H,30,31). The summed E-state index contributed by atoms with van der Waals surface area (Å²) in [6.07, 6.45) is 0.570. The first-order valence-electron chi connectivity index (χ1n) is 10.5. The highest BCUT2D eigenvalue weighted by Gasteiger charge is 2.31. The Balaban J connectivity index is 1.51. The van der Waals surface area contributed by atoms with Crippen LogP contribution in [0.25, 0.3) is 33.7 Å². The lowest BCUT2D eigenvalue weighted by atomic mass is 10.0. The van der Waals surface area contributed by atoms with Gasteiger partial charge in [0.2, 0.25) is 0 Å². The number of anilines is 1. The molecule has 2 heterocycles. The average Bonchev–Trinajstić information content (AvgIpc) is 3.48. The number of carbonyl (C=O) groups is 1. The summed E-state index contributed by atoms with van der Waals surface area (Å²) >= 11 is 0. The van der Waals surface area contributed by atoms with E-state index in [2.05, 4.69) is 0 Å². The van der Waals surface area contributed by atoms with Gasteiger partial charge in [-0.3, -0.25) is 4.79 Å². The van der Waals surface area contributed by atoms with Gasteiger partial charge >= 0.3 is 5.97 Å². The van der Waals surface area contributed by atoms with E-state index in [4.69, 9.17) is 9.40 Å². The number of halogens is 1. The average molecular weight is 428 g/mol. The topological polar surface area (TPSA) is 66.6 Å². The summed E-state index contributed by atoms with van der Waals surface area (Å²) in [5, 5.41) is 9.33. The molecule has 5 rings (SSSR count). The van der Waals surface area contributed by atoms with E-state index in [1.54, 1.807) is 12.1 Å². The van der Waals surface area contributed by atoms with Crippen LogP contribution in [0.3, 0.4) is 0 Å². The van der Waals surface area contributed by atoms with Gasteiger partial charge in [-0.25, -0.2) is 4.39 Å². The van der Waals surface area contributed by atoms with E-state index in [9.17, 15) is 14.3 Å². The molecule has 1 atom stereocenters. The molecule has 3 aromatic carbocycles. The lowest BCUT2D eigenvalue weighted by Crippen LogP contribution is -2.22. The summed E-state index contributed by atoms with van der Waals surface area (Å²) in [6, 6.07) is 24.5. The molecule has 0 spiro atoms. The second-order valence-corrected chi connectivity index (χ2v) is 7.89. The van der Waals surface area contributed by atoms with Crippen LogP contribution >= 0.6 is 0 Å². The molecule has 0 radical (unpaired) electrons. The third kappa shape index (κ3) is 3.87. The molecule has 0 bridgehead atoms. The Labute approximate surface area is 184 Å². The van der Waals surface area contributed by atoms with E-state index in [0.717, 1.165) is 22.3 Å². The Kier molecular flexibility index (Phi) is 5.19. The summed E-state index contributed by atoms with van der Waals surface area (Å²) in [6.45, 7) is 0.974. The fourth-order valence-corrected chi connectivity index (χ4v) is 4.02. The second-order valence-electron chi connectivity index (χ2n) is 7.89. The third-order valence-electron chi connectivity index (χ3n) is 5.80. The summed E-state index contributed by atoms with van der Waals surface area (Å²) in [5.74, 6) is -0.826. The van der Waals surface area contributed by atoms with E-state index in [-0.39, 0.29) is 5.82 Å². The highest BCUT2D eigenvalue weighted by Crippen LogP contribution is 2.37. The van der Waals surface area contributed by atoms with Crippen molar-refractivity contribution in [1.29, 1.82) is 0 Å². The quantitative estimate of drug-likeness (QED) is 0.440. The van der Waals surface area contributed by atoms with E-state index < -0.39 is 11.9 Å². The minimum atomic E-state index is -0.793. The molecule has 1 saturated heterocycles. The predicted octanol–water partition coefficient (Wildman–Crippen LogP) is 5.73. The van der Waals surface area contributed by atoms with Crippen LogP contribution in [-0.4, -0.2) is 29.1 Å². The highest BCUT2D eigenvalue weighted by molar-refractivity contribution is 5.80. The van der Waals surface area contributed by atoms with Gasteiger partial charge < -0.3 is 14.4 Å². The predicted molar refractivity (Wildman–Crippen MR) is 121 cm³/mol. The van der Waals surface area contributed by atoms with Gasteiger partial charge in [0.25, 0.3) is 6.01 Å². The van der Waals surface area contributed by atoms with Crippen molar-refractivity contribution in [3.05, 3.63) is 84.7 Å². The van der Waals surface area contributed by atoms with E-state index >= 15 is 0 Å². The number of hydrogen-bond donors (Lipinski definition) is 1. The second kappa shape index (κ2) is 8.30. The van der Waals surface area contributed by atoms with Gasteiger partial charge in [0.05, 0.1) is 5.92 Å². The fraction of sp³-hybridized carbons (Fsp3) is 0.154. The van der Waals surface area contributed by atoms with Gasteiger partial charge in [-0.1, -0.05) is 66.7 Å². The van der Waals surface area contributed by atoms with Crippen molar-refractivity contribution in [3.63, 3.8) is 0 Å². The van der Waals surface area contributed by atoms with E-state index in [1.807, 2.05) is 59.5 Å². The molecule has 160 valence electrons. The van der Waals surface area contributed by atoms with Crippen LogP contribution in [0.2, 0.25) is 0 Å². The van der Waals surface area contributed by atoms with Crippen molar-refractivity contribution in [2.24, 2.45) is 5.92 Å². The largest absolute Gasteiger partial charge is 0.481 e. The van der Waals surface area contributed by atoms with Crippen molar-refractivity contribution in [3.8, 4) is 33.7 Å². The van der Waals surface area contributed by atoms with Crippen LogP contribution < -0.4 is 4.90 Å². The molecule has 6 heteroatoms. The molecule has 1 aromatic heterocycles. The number of benzene rings is 3. The molecule has 5 nitrogen and oxygen atoms in total. The minimum absolute atomic E-state index is 0.264. The van der Waals surface area contributed by atoms with Gasteiger partial charge in [-0.2, -0.15) is 4.98 Å². The molecule has 0 saturated carbocycles. The molecule has 1 unspecified atom stereocenters. The zero-order valence-electron chi connectivity index (χ0n) is 17.2. The van der Waals surface area contributed by atoms with Crippen LogP contribution in [0.15, 0.2) is 83.3 Å². The molecule has 0 aliphatic carbocycles. The lowest BCUT2D eigenvalue weighted by Gasteiger charge is -2.11. The van der Waals surface area contributed by atoms with Crippen molar-refractivity contribution in [2.45, 2.75) is 6.42 Å². The maximum Gasteiger partial charge on any atom is 0.308 e. The number of rotatable bonds is 5. The molecule has 0 amide bonds. The number of aromatic nitrogens is 1. The molecular formula is C26H21FN2O3. The smallest absolute Gasteiger partial charge is 0.308 e. The lowest BCUT2D eigenvalue weighted by molar-refractivity contribution is -0.140. The summed E-state index contributed by atoms with van der Waals surface area (Å²) in [7, 11) is 0. The molecule has 1 N–H and O–H groups in total. The number of aliphatic carboxylic acids is 1. The minimum Gasteiger partial charge on any atom is -0.481 e. The van der Waals surface area contributed by atoms with Crippen molar-refractivity contribution < 1.29 is 18.7 Å². The van der Waals surface area contributed by atoms with Gasteiger partial charge in [-0.15, -0.1) is 0 Å². The van der Waals surface area contributed by atoms with Gasteiger partial charge in [0.1, 0.15) is 11.5 Å². The zero-order chi connectivity index (χ0) is 22.1. The Hall–Kier alpha value is -3.93. The van der Waals surface area contributed by atoms with Gasteiger partial charge in [0, 0.05) is 24.2 Å². The SMILES string of the molecule is O=C(O)C1CCN(c2nc(-c3ccc(-c4ccc(F)cc4)cc3)c(-c3ccccc3)o2)C1. The van der Waals surface area contributed by atoms with Crippen molar-refractivity contribution in [2.75, 3.05) is 18.0 Å². The molecule has 1 aliphatic heterocycles. The number of oxazole rings is 1. The number of hydrogen-bond acceptors (Lipinski definition) is 4. The first kappa shape index (κ1) is 20.0. The molecule has 1 aliphatic rings. The number of nitrogens with zero attached hydrogens (tertiary/aromatic N) is 2. The highest BCUT2D eigenvalue weighted by atomic mass is 19.1. The Morgan fingerprint density at radius 2 is 1.53 bits per heavy atom.